The minimum absolute atomic E-state index is 0.0643. The van der Waals surface area contributed by atoms with E-state index >= 15 is 0 Å². The molecule has 1 fully saturated rings. The first kappa shape index (κ1) is 12.2. The van der Waals surface area contributed by atoms with Crippen molar-refractivity contribution in [2.75, 3.05) is 13.1 Å². The van der Waals surface area contributed by atoms with Crippen LogP contribution in [-0.4, -0.2) is 42.3 Å². The number of carbonyl (C=O) groups excluding carboxylic acids is 1. The van der Waals surface area contributed by atoms with E-state index in [1.807, 2.05) is 0 Å². The Balaban J connectivity index is 2.67. The van der Waals surface area contributed by atoms with Crippen molar-refractivity contribution in [3.05, 3.63) is 0 Å². The molecule has 7 heteroatoms. The highest BCUT2D eigenvalue weighted by atomic mass is 19.3. The van der Waals surface area contributed by atoms with Crippen molar-refractivity contribution in [2.45, 2.75) is 31.2 Å². The van der Waals surface area contributed by atoms with E-state index in [1.165, 1.54) is 0 Å². The van der Waals surface area contributed by atoms with E-state index in [2.05, 4.69) is 0 Å². The van der Waals surface area contributed by atoms with Crippen LogP contribution < -0.4 is 5.73 Å². The van der Waals surface area contributed by atoms with E-state index in [4.69, 9.17) is 5.73 Å². The van der Waals surface area contributed by atoms with Gasteiger partial charge in [0.1, 0.15) is 0 Å². The monoisotopic (exact) mass is 228 g/mol. The molecule has 1 heterocycles. The van der Waals surface area contributed by atoms with Crippen LogP contribution in [0.25, 0.3) is 0 Å². The molecule has 0 saturated carbocycles. The van der Waals surface area contributed by atoms with Crippen LogP contribution in [0.15, 0.2) is 0 Å². The average molecular weight is 228 g/mol. The Morgan fingerprint density at radius 2 is 2.07 bits per heavy atom. The Bertz CT molecular complexity index is 247. The standard InChI is InChI=1S/C8H12F4N2O/c9-6(10)8(11,12)7(15)14-3-1-2-5(13)4-14/h5-6H,1-4,13H2. The molecule has 1 atom stereocenters. The summed E-state index contributed by atoms with van der Waals surface area (Å²) in [5.41, 5.74) is 5.46. The van der Waals surface area contributed by atoms with Crippen LogP contribution in [0.4, 0.5) is 17.6 Å². The van der Waals surface area contributed by atoms with Gasteiger partial charge in [-0.25, -0.2) is 8.78 Å². The van der Waals surface area contributed by atoms with Crippen molar-refractivity contribution in [1.29, 1.82) is 0 Å². The minimum Gasteiger partial charge on any atom is -0.336 e. The van der Waals surface area contributed by atoms with Gasteiger partial charge in [0, 0.05) is 19.1 Å². The Labute approximate surface area is 84.2 Å². The number of piperidine rings is 1. The Kier molecular flexibility index (Phi) is 3.54. The normalized spacial score (nSPS) is 23.3. The third kappa shape index (κ3) is 2.58. The van der Waals surface area contributed by atoms with E-state index in [0.29, 0.717) is 17.7 Å². The number of carbonyl (C=O) groups is 1. The van der Waals surface area contributed by atoms with Crippen molar-refractivity contribution in [1.82, 2.24) is 4.90 Å². The van der Waals surface area contributed by atoms with Gasteiger partial charge in [0.25, 0.3) is 5.91 Å². The lowest BCUT2D eigenvalue weighted by molar-refractivity contribution is -0.181. The molecule has 88 valence electrons. The zero-order chi connectivity index (χ0) is 11.6. The van der Waals surface area contributed by atoms with Gasteiger partial charge < -0.3 is 10.6 Å². The maximum atomic E-state index is 12.7. The number of nitrogens with zero attached hydrogens (tertiary/aromatic N) is 1. The lowest BCUT2D eigenvalue weighted by atomic mass is 10.1. The predicted molar refractivity (Wildman–Crippen MR) is 44.7 cm³/mol. The molecular weight excluding hydrogens is 216 g/mol. The van der Waals surface area contributed by atoms with Gasteiger partial charge in [-0.3, -0.25) is 4.79 Å². The SMILES string of the molecule is NC1CCCN(C(=O)C(F)(F)C(F)F)C1. The minimum atomic E-state index is -4.60. The van der Waals surface area contributed by atoms with Crippen LogP contribution in [0.5, 0.6) is 0 Å². The topological polar surface area (TPSA) is 46.3 Å². The van der Waals surface area contributed by atoms with Gasteiger partial charge >= 0.3 is 12.3 Å². The number of hydrogen-bond acceptors (Lipinski definition) is 2. The lowest BCUT2D eigenvalue weighted by Crippen LogP contribution is -2.53. The maximum absolute atomic E-state index is 12.7. The van der Waals surface area contributed by atoms with E-state index in [1.54, 1.807) is 0 Å². The van der Waals surface area contributed by atoms with E-state index in [-0.39, 0.29) is 13.1 Å². The zero-order valence-corrected chi connectivity index (χ0v) is 7.93. The van der Waals surface area contributed by atoms with E-state index in [0.717, 1.165) is 0 Å². The zero-order valence-electron chi connectivity index (χ0n) is 7.93. The quantitative estimate of drug-likeness (QED) is 0.712. The third-order valence-electron chi connectivity index (χ3n) is 2.30. The highest BCUT2D eigenvalue weighted by molar-refractivity contribution is 5.84. The summed E-state index contributed by atoms with van der Waals surface area (Å²) in [6, 6.07) is -0.406. The number of nitrogens with two attached hydrogens (primary N) is 1. The lowest BCUT2D eigenvalue weighted by Gasteiger charge is -2.32. The van der Waals surface area contributed by atoms with Crippen molar-refractivity contribution < 1.29 is 22.4 Å². The van der Waals surface area contributed by atoms with Crippen molar-refractivity contribution >= 4 is 5.91 Å². The number of likely N-dealkylation sites (tertiary alicyclic amines) is 1. The molecule has 3 nitrogen and oxygen atoms in total. The molecule has 15 heavy (non-hydrogen) atoms. The van der Waals surface area contributed by atoms with Crippen LogP contribution in [0.2, 0.25) is 0 Å². The first-order chi connectivity index (χ1) is 6.85. The molecule has 1 rings (SSSR count). The number of halogens is 4. The smallest absolute Gasteiger partial charge is 0.336 e. The summed E-state index contributed by atoms with van der Waals surface area (Å²) in [7, 11) is 0. The number of amides is 1. The second-order valence-corrected chi connectivity index (χ2v) is 3.58. The molecule has 1 saturated heterocycles. The summed E-state index contributed by atoms with van der Waals surface area (Å²) < 4.78 is 49.1. The van der Waals surface area contributed by atoms with Crippen LogP contribution >= 0.6 is 0 Å². The van der Waals surface area contributed by atoms with Gasteiger partial charge in [0.15, 0.2) is 0 Å². The maximum Gasteiger partial charge on any atom is 0.383 e. The molecule has 0 aromatic carbocycles. The molecular formula is C8H12F4N2O. The second-order valence-electron chi connectivity index (χ2n) is 3.58. The molecule has 0 radical (unpaired) electrons. The fourth-order valence-electron chi connectivity index (χ4n) is 1.50. The largest absolute Gasteiger partial charge is 0.383 e. The van der Waals surface area contributed by atoms with Crippen molar-refractivity contribution in [2.24, 2.45) is 5.73 Å². The Morgan fingerprint density at radius 1 is 1.47 bits per heavy atom. The van der Waals surface area contributed by atoms with E-state index in [9.17, 15) is 22.4 Å². The van der Waals surface area contributed by atoms with Gasteiger partial charge in [-0.05, 0) is 12.8 Å². The van der Waals surface area contributed by atoms with Gasteiger partial charge in [0.2, 0.25) is 0 Å². The molecule has 0 aromatic heterocycles. The highest BCUT2D eigenvalue weighted by Crippen LogP contribution is 2.26. The molecule has 0 aromatic rings. The fraction of sp³-hybridized carbons (Fsp3) is 0.875. The molecule has 0 bridgehead atoms. The highest BCUT2D eigenvalue weighted by Gasteiger charge is 2.51. The number of hydrogen-bond donors (Lipinski definition) is 1. The number of rotatable bonds is 2. The summed E-state index contributed by atoms with van der Waals surface area (Å²) in [6.45, 7) is -0.0179. The molecule has 0 spiro atoms. The first-order valence-electron chi connectivity index (χ1n) is 4.56. The summed E-state index contributed by atoms with van der Waals surface area (Å²) in [4.78, 5) is 11.8. The van der Waals surface area contributed by atoms with Crippen molar-refractivity contribution in [3.8, 4) is 0 Å². The number of alkyl halides is 4. The van der Waals surface area contributed by atoms with Crippen molar-refractivity contribution in [3.63, 3.8) is 0 Å². The Hall–Kier alpha value is -0.850. The van der Waals surface area contributed by atoms with Crippen LogP contribution in [0.3, 0.4) is 0 Å². The van der Waals surface area contributed by atoms with Gasteiger partial charge in [-0.1, -0.05) is 0 Å². The van der Waals surface area contributed by atoms with Crippen LogP contribution in [0.1, 0.15) is 12.8 Å². The van der Waals surface area contributed by atoms with Gasteiger partial charge in [0.05, 0.1) is 0 Å². The Morgan fingerprint density at radius 3 is 2.53 bits per heavy atom. The van der Waals surface area contributed by atoms with Gasteiger partial charge in [-0.2, -0.15) is 8.78 Å². The third-order valence-corrected chi connectivity index (χ3v) is 2.30. The molecule has 2 N–H and O–H groups in total. The molecule has 1 unspecified atom stereocenters. The predicted octanol–water partition coefficient (Wildman–Crippen LogP) is 0.836. The van der Waals surface area contributed by atoms with Crippen LogP contribution in [-0.2, 0) is 4.79 Å². The molecule has 0 aliphatic carbocycles. The molecule has 1 amide bonds. The first-order valence-corrected chi connectivity index (χ1v) is 4.56. The summed E-state index contributed by atoms with van der Waals surface area (Å²) >= 11 is 0. The molecule has 1 aliphatic heterocycles. The second kappa shape index (κ2) is 4.34. The van der Waals surface area contributed by atoms with Crippen LogP contribution in [0, 0.1) is 0 Å². The fourth-order valence-corrected chi connectivity index (χ4v) is 1.50. The van der Waals surface area contributed by atoms with E-state index < -0.39 is 24.3 Å². The summed E-state index contributed by atoms with van der Waals surface area (Å²) in [6.07, 6.45) is -2.89. The summed E-state index contributed by atoms with van der Waals surface area (Å²) in [5, 5.41) is 0. The molecule has 1 aliphatic rings. The summed E-state index contributed by atoms with van der Waals surface area (Å²) in [5.74, 6) is -6.43. The van der Waals surface area contributed by atoms with Gasteiger partial charge in [-0.15, -0.1) is 0 Å². The average Bonchev–Trinajstić information content (AvgIpc) is 2.16.